The zero-order valence-corrected chi connectivity index (χ0v) is 21.1. The fraction of sp³-hybridized carbons (Fsp3) is 0.276. The van der Waals surface area contributed by atoms with Gasteiger partial charge in [-0.3, -0.25) is 14.4 Å². The zero-order valence-electron chi connectivity index (χ0n) is 21.1. The molecule has 0 saturated heterocycles. The number of phenols is 4. The quantitative estimate of drug-likeness (QED) is 0.172. The smallest absolute Gasteiger partial charge is 0.202 e. The number of Topliss-reactive ketones (excluding diaryl/α,β-unsaturated/α-hetero) is 1. The second-order valence-corrected chi connectivity index (χ2v) is 10.8. The first kappa shape index (κ1) is 24.6. The molecule has 3 aromatic carbocycles. The summed E-state index contributed by atoms with van der Waals surface area (Å²) in [6.07, 6.45) is -1.34. The molecule has 4 bridgehead atoms. The molecule has 7 N–H and O–H groups in total. The molecule has 1 fully saturated rings. The van der Waals surface area contributed by atoms with E-state index in [0.29, 0.717) is 5.56 Å². The van der Waals surface area contributed by atoms with Crippen LogP contribution in [0, 0.1) is 5.92 Å². The molecule has 3 aromatic rings. The molecule has 1 heterocycles. The Morgan fingerprint density at radius 3 is 2.05 bits per heavy atom. The van der Waals surface area contributed by atoms with Gasteiger partial charge in [-0.15, -0.1) is 0 Å². The topological polar surface area (TPSA) is 194 Å². The lowest BCUT2D eigenvalue weighted by atomic mass is 9.47. The van der Waals surface area contributed by atoms with Crippen LogP contribution in [0.3, 0.4) is 0 Å². The maximum Gasteiger partial charge on any atom is 0.202 e. The largest absolute Gasteiger partial charge is 0.508 e. The fourth-order valence-corrected chi connectivity index (χ4v) is 7.49. The van der Waals surface area contributed by atoms with Crippen LogP contribution in [0.25, 0.3) is 0 Å². The van der Waals surface area contributed by atoms with Crippen molar-refractivity contribution in [2.24, 2.45) is 5.92 Å². The molecule has 0 radical (unpaired) electrons. The van der Waals surface area contributed by atoms with Crippen LogP contribution >= 0.6 is 0 Å². The minimum absolute atomic E-state index is 0.105. The molecule has 40 heavy (non-hydrogen) atoms. The predicted molar refractivity (Wildman–Crippen MR) is 136 cm³/mol. The van der Waals surface area contributed by atoms with Gasteiger partial charge in [0.25, 0.3) is 0 Å². The Balaban J connectivity index is 1.61. The van der Waals surface area contributed by atoms with Crippen molar-refractivity contribution in [3.05, 3.63) is 75.3 Å². The summed E-state index contributed by atoms with van der Waals surface area (Å²) < 4.78 is 5.55. The van der Waals surface area contributed by atoms with Crippen LogP contribution in [0.2, 0.25) is 0 Å². The summed E-state index contributed by atoms with van der Waals surface area (Å²) in [5.74, 6) is -7.11. The first-order valence-electron chi connectivity index (χ1n) is 12.6. The number of phenolic OH excluding ortho intramolecular Hbond substituents is 4. The Morgan fingerprint density at radius 1 is 0.825 bits per heavy atom. The molecule has 11 heteroatoms. The third-order valence-electron chi connectivity index (χ3n) is 9.24. The van der Waals surface area contributed by atoms with Crippen molar-refractivity contribution in [1.82, 2.24) is 0 Å². The van der Waals surface area contributed by atoms with Crippen LogP contribution in [-0.2, 0) is 15.1 Å². The third kappa shape index (κ3) is 2.41. The molecule has 1 aliphatic heterocycles. The Labute approximate surface area is 225 Å². The van der Waals surface area contributed by atoms with Crippen LogP contribution in [0.1, 0.15) is 67.4 Å². The van der Waals surface area contributed by atoms with Gasteiger partial charge in [0.2, 0.25) is 11.6 Å². The number of aliphatic hydroxyl groups is 2. The maximum atomic E-state index is 13.9. The van der Waals surface area contributed by atoms with Crippen molar-refractivity contribution >= 4 is 23.0 Å². The number of ketones is 3. The Kier molecular flexibility index (Phi) is 4.54. The number of hydrogen-bond donors (Lipinski definition) is 7. The van der Waals surface area contributed by atoms with Gasteiger partial charge in [-0.2, -0.15) is 0 Å². The number of carbonyl (C=O) groups is 3. The lowest BCUT2D eigenvalue weighted by Crippen LogP contribution is -2.75. The standard InChI is InChI=1S/C29H23NO10/c1-9-23(35)26(40-2)21-16-10(4-3-5-12(16)31)27-28(9,38)29(21,39)11-8-15(34)19-20(22(11)30-27)25(37)18-14(33)7-6-13(32)17(18)24(19)36/h3-9,21,26-27,30-34,38-39H,1-2H3. The monoisotopic (exact) mass is 545 g/mol. The van der Waals surface area contributed by atoms with E-state index in [9.17, 15) is 45.0 Å². The van der Waals surface area contributed by atoms with Crippen molar-refractivity contribution in [3.8, 4) is 23.0 Å². The average Bonchev–Trinajstić information content (AvgIpc) is 2.91. The van der Waals surface area contributed by atoms with E-state index >= 15 is 0 Å². The van der Waals surface area contributed by atoms with Gasteiger partial charge in [0.1, 0.15) is 40.3 Å². The molecule has 6 atom stereocenters. The highest BCUT2D eigenvalue weighted by atomic mass is 16.5. The van der Waals surface area contributed by atoms with Crippen LogP contribution in [0.15, 0.2) is 36.4 Å². The molecule has 7 rings (SSSR count). The second kappa shape index (κ2) is 7.39. The molecule has 4 aliphatic rings. The molecule has 0 amide bonds. The van der Waals surface area contributed by atoms with Gasteiger partial charge in [0.05, 0.1) is 45.8 Å². The number of hydrogen-bond acceptors (Lipinski definition) is 11. The van der Waals surface area contributed by atoms with Gasteiger partial charge in [-0.05, 0) is 29.8 Å². The summed E-state index contributed by atoms with van der Waals surface area (Å²) in [6.45, 7) is 1.44. The first-order chi connectivity index (χ1) is 18.9. The number of methoxy groups -OCH3 is 1. The minimum Gasteiger partial charge on any atom is -0.508 e. The molecule has 3 aliphatic carbocycles. The third-order valence-corrected chi connectivity index (χ3v) is 9.24. The van der Waals surface area contributed by atoms with E-state index in [1.54, 1.807) is 6.07 Å². The zero-order chi connectivity index (χ0) is 28.6. The van der Waals surface area contributed by atoms with Crippen molar-refractivity contribution in [2.75, 3.05) is 12.4 Å². The highest BCUT2D eigenvalue weighted by Crippen LogP contribution is 2.68. The Morgan fingerprint density at radius 2 is 1.43 bits per heavy atom. The first-order valence-corrected chi connectivity index (χ1v) is 12.6. The SMILES string of the molecule is COC1C(=O)C(C)C2(O)C3Nc4c(cc(O)c5c4C(=O)c4c(O)ccc(O)c4C5=O)C2(O)C1c1c(O)cccc13. The number of carbonyl (C=O) groups excluding carboxylic acids is 3. The van der Waals surface area contributed by atoms with E-state index in [0.717, 1.165) is 18.2 Å². The molecule has 1 saturated carbocycles. The molecule has 0 spiro atoms. The maximum absolute atomic E-state index is 13.9. The Hall–Kier alpha value is -4.45. The molecular weight excluding hydrogens is 522 g/mol. The van der Waals surface area contributed by atoms with Gasteiger partial charge in [0, 0.05) is 18.2 Å². The molecule has 11 nitrogen and oxygen atoms in total. The highest BCUT2D eigenvalue weighted by Gasteiger charge is 2.75. The molecule has 204 valence electrons. The summed E-state index contributed by atoms with van der Waals surface area (Å²) in [5.41, 5.74) is -6.30. The second-order valence-electron chi connectivity index (χ2n) is 10.8. The van der Waals surface area contributed by atoms with Gasteiger partial charge >= 0.3 is 0 Å². The van der Waals surface area contributed by atoms with Crippen LogP contribution < -0.4 is 5.32 Å². The minimum atomic E-state index is -2.42. The summed E-state index contributed by atoms with van der Waals surface area (Å²) in [7, 11) is 1.26. The van der Waals surface area contributed by atoms with E-state index in [2.05, 4.69) is 5.32 Å². The van der Waals surface area contributed by atoms with E-state index in [-0.39, 0.29) is 28.1 Å². The number of fused-ring (bicyclic) bond motifs is 7. The van der Waals surface area contributed by atoms with Crippen molar-refractivity contribution in [2.45, 2.75) is 36.2 Å². The number of anilines is 1. The molecule has 6 unspecified atom stereocenters. The average molecular weight is 546 g/mol. The van der Waals surface area contributed by atoms with E-state index < -0.39 is 86.5 Å². The number of aromatic hydroxyl groups is 4. The predicted octanol–water partition coefficient (Wildman–Crippen LogP) is 1.70. The van der Waals surface area contributed by atoms with Crippen LogP contribution in [0.4, 0.5) is 5.69 Å². The van der Waals surface area contributed by atoms with Crippen LogP contribution in [-0.4, -0.2) is 66.8 Å². The van der Waals surface area contributed by atoms with E-state index in [1.807, 2.05) is 0 Å². The summed E-state index contributed by atoms with van der Waals surface area (Å²) in [6, 6.07) is 6.37. The van der Waals surface area contributed by atoms with E-state index in [1.165, 1.54) is 26.2 Å². The lowest BCUT2D eigenvalue weighted by molar-refractivity contribution is -0.248. The van der Waals surface area contributed by atoms with Gasteiger partial charge < -0.3 is 40.7 Å². The number of ether oxygens (including phenoxy) is 1. The van der Waals surface area contributed by atoms with Crippen molar-refractivity contribution < 1.29 is 49.8 Å². The normalized spacial score (nSPS) is 31.1. The van der Waals surface area contributed by atoms with Gasteiger partial charge in [-0.25, -0.2) is 0 Å². The van der Waals surface area contributed by atoms with E-state index in [4.69, 9.17) is 4.74 Å². The molecule has 0 aromatic heterocycles. The number of rotatable bonds is 1. The summed E-state index contributed by atoms with van der Waals surface area (Å²) >= 11 is 0. The van der Waals surface area contributed by atoms with Crippen LogP contribution in [0.5, 0.6) is 23.0 Å². The lowest BCUT2D eigenvalue weighted by Gasteiger charge is -2.64. The van der Waals surface area contributed by atoms with Crippen molar-refractivity contribution in [3.63, 3.8) is 0 Å². The number of benzene rings is 3. The van der Waals surface area contributed by atoms with Crippen molar-refractivity contribution in [1.29, 1.82) is 0 Å². The summed E-state index contributed by atoms with van der Waals surface area (Å²) in [4.78, 5) is 40.9. The Bertz CT molecular complexity index is 1750. The van der Waals surface area contributed by atoms with Gasteiger partial charge in [0.15, 0.2) is 5.78 Å². The molecular formula is C29H23NO10. The van der Waals surface area contributed by atoms with Gasteiger partial charge in [-0.1, -0.05) is 19.1 Å². The summed E-state index contributed by atoms with van der Waals surface area (Å²) in [5, 5.41) is 71.0. The fourth-order valence-electron chi connectivity index (χ4n) is 7.49. The highest BCUT2D eigenvalue weighted by molar-refractivity contribution is 6.33. The number of nitrogens with one attached hydrogen (secondary N) is 1.